The Hall–Kier alpha value is -1.80. The summed E-state index contributed by atoms with van der Waals surface area (Å²) in [5.74, 6) is -1.02. The maximum Gasteiger partial charge on any atom is 0.327 e. The number of urea groups is 1. The van der Waals surface area contributed by atoms with E-state index < -0.39 is 33.8 Å². The summed E-state index contributed by atoms with van der Waals surface area (Å²) in [6.07, 6.45) is -0.0983. The Morgan fingerprint density at radius 2 is 2.13 bits per heavy atom. The van der Waals surface area contributed by atoms with Crippen LogP contribution in [0.2, 0.25) is 0 Å². The van der Waals surface area contributed by atoms with Crippen molar-refractivity contribution in [2.75, 3.05) is 5.75 Å². The zero-order valence-electron chi connectivity index (χ0n) is 7.43. The lowest BCUT2D eigenvalue weighted by molar-refractivity contribution is -0.120. The molecule has 1 atom stereocenters. The van der Waals surface area contributed by atoms with Crippen molar-refractivity contribution in [2.24, 2.45) is 4.52 Å². The second kappa shape index (κ2) is 4.15. The molecule has 0 radical (unpaired) electrons. The Labute approximate surface area is 84.5 Å². The van der Waals surface area contributed by atoms with Crippen molar-refractivity contribution in [1.82, 2.24) is 15.5 Å². The number of imide groups is 1. The maximum absolute atomic E-state index is 11.0. The van der Waals surface area contributed by atoms with Gasteiger partial charge in [-0.1, -0.05) is 0 Å². The Morgan fingerprint density at radius 1 is 1.47 bits per heavy atom. The molecule has 1 heterocycles. The molecule has 0 aromatic heterocycles. The van der Waals surface area contributed by atoms with Gasteiger partial charge in [0.25, 0.3) is 10.4 Å². The Morgan fingerprint density at radius 3 is 2.60 bits per heavy atom. The van der Waals surface area contributed by atoms with Crippen LogP contribution in [0.5, 0.6) is 0 Å². The Bertz CT molecular complexity index is 436. The maximum atomic E-state index is 11.0. The molecule has 0 aliphatic carbocycles. The molecule has 0 aromatic carbocycles. The minimum absolute atomic E-state index is 0.0983. The lowest BCUT2D eigenvalue weighted by atomic mass is 10.2. The number of hydrogen-bond donors (Lipinski definition) is 3. The summed E-state index contributed by atoms with van der Waals surface area (Å²) in [6.45, 7) is 0. The summed E-state index contributed by atoms with van der Waals surface area (Å²) in [4.78, 5) is 24.0. The van der Waals surface area contributed by atoms with Crippen molar-refractivity contribution in [3.63, 3.8) is 0 Å². The SMILES string of the molecule is N=[N+]=NS(=O)(=O)CCC1NC(=O)NC1=O. The molecule has 1 aliphatic rings. The van der Waals surface area contributed by atoms with Crippen LogP contribution in [-0.2, 0) is 14.8 Å². The fourth-order valence-corrected chi connectivity index (χ4v) is 1.77. The second-order valence-electron chi connectivity index (χ2n) is 2.77. The second-order valence-corrected chi connectivity index (χ2v) is 4.51. The average Bonchev–Trinajstić information content (AvgIpc) is 2.42. The van der Waals surface area contributed by atoms with Crippen molar-refractivity contribution in [3.8, 4) is 0 Å². The lowest BCUT2D eigenvalue weighted by Gasteiger charge is -2.02. The van der Waals surface area contributed by atoms with Crippen molar-refractivity contribution in [3.05, 3.63) is 0 Å². The van der Waals surface area contributed by atoms with Gasteiger partial charge in [0.2, 0.25) is 4.91 Å². The van der Waals surface area contributed by atoms with Gasteiger partial charge in [-0.2, -0.15) is 8.42 Å². The number of carbonyl (C=O) groups excluding carboxylic acids is 2. The molecule has 3 N–H and O–H groups in total. The molecule has 1 fully saturated rings. The van der Waals surface area contributed by atoms with Gasteiger partial charge in [0.1, 0.15) is 11.6 Å². The number of rotatable bonds is 4. The number of hydrogen-bond acceptors (Lipinski definition) is 5. The topological polar surface area (TPSA) is 143 Å². The molecule has 9 nitrogen and oxygen atoms in total. The number of sulfonamides is 1. The minimum Gasteiger partial charge on any atom is -0.326 e. The summed E-state index contributed by atoms with van der Waals surface area (Å²) < 4.78 is 24.6. The van der Waals surface area contributed by atoms with E-state index in [0.29, 0.717) is 0 Å². The highest BCUT2D eigenvalue weighted by molar-refractivity contribution is 7.89. The molecule has 0 saturated carbocycles. The molecule has 0 spiro atoms. The Kier molecular flexibility index (Phi) is 3.12. The van der Waals surface area contributed by atoms with Crippen LogP contribution in [0, 0.1) is 5.53 Å². The molecule has 1 saturated heterocycles. The quantitative estimate of drug-likeness (QED) is 0.308. The van der Waals surface area contributed by atoms with Gasteiger partial charge < -0.3 is 5.32 Å². The fourth-order valence-electron chi connectivity index (χ4n) is 1.03. The molecular weight excluding hydrogens is 226 g/mol. The van der Waals surface area contributed by atoms with Gasteiger partial charge in [-0.15, -0.1) is 0 Å². The number of nitrogens with one attached hydrogen (secondary N) is 3. The van der Waals surface area contributed by atoms with Crippen LogP contribution in [0.3, 0.4) is 0 Å². The van der Waals surface area contributed by atoms with Crippen LogP contribution in [0.1, 0.15) is 6.42 Å². The molecule has 0 bridgehead atoms. The largest absolute Gasteiger partial charge is 0.327 e. The summed E-state index contributed by atoms with van der Waals surface area (Å²) in [5, 5.41) is 4.20. The van der Waals surface area contributed by atoms with Gasteiger partial charge in [0, 0.05) is 0 Å². The molecule has 3 amide bonds. The third-order valence-electron chi connectivity index (χ3n) is 1.69. The van der Waals surface area contributed by atoms with E-state index in [0.717, 1.165) is 0 Å². The van der Waals surface area contributed by atoms with Gasteiger partial charge in [-0.25, -0.2) is 4.79 Å². The van der Waals surface area contributed by atoms with E-state index in [2.05, 4.69) is 14.7 Å². The smallest absolute Gasteiger partial charge is 0.326 e. The summed E-state index contributed by atoms with van der Waals surface area (Å²) in [7, 11) is -3.82. The van der Waals surface area contributed by atoms with Crippen LogP contribution < -0.4 is 15.5 Å². The summed E-state index contributed by atoms with van der Waals surface area (Å²) in [5.41, 5.74) is 6.25. The summed E-state index contributed by atoms with van der Waals surface area (Å²) in [6, 6.07) is -1.52. The zero-order chi connectivity index (χ0) is 11.5. The highest BCUT2D eigenvalue weighted by Crippen LogP contribution is 2.02. The van der Waals surface area contributed by atoms with Crippen LogP contribution in [0.15, 0.2) is 4.52 Å². The van der Waals surface area contributed by atoms with E-state index >= 15 is 0 Å². The van der Waals surface area contributed by atoms with Gasteiger partial charge in [-0.05, 0) is 6.42 Å². The molecule has 1 unspecified atom stereocenters. The first kappa shape index (κ1) is 11.3. The first-order chi connectivity index (χ1) is 6.94. The molecule has 82 valence electrons. The van der Waals surface area contributed by atoms with Gasteiger partial charge in [0.15, 0.2) is 0 Å². The highest BCUT2D eigenvalue weighted by Gasteiger charge is 2.31. The minimum atomic E-state index is -3.82. The van der Waals surface area contributed by atoms with E-state index in [4.69, 9.17) is 5.53 Å². The first-order valence-corrected chi connectivity index (χ1v) is 5.48. The highest BCUT2D eigenvalue weighted by atomic mass is 32.2. The number of amides is 3. The summed E-state index contributed by atoms with van der Waals surface area (Å²) >= 11 is 0. The Balaban J connectivity index is 2.55. The predicted molar refractivity (Wildman–Crippen MR) is 46.1 cm³/mol. The van der Waals surface area contributed by atoms with E-state index in [1.807, 2.05) is 5.32 Å². The molecule has 0 aromatic rings. The standard InChI is InChI=1S/C5H7N5O4S/c6-9-10-15(13,14)2-1-3-4(11)8-5(12)7-3/h3,6H,1-2H2,(H-,7,8,11,12)/p+1. The van der Waals surface area contributed by atoms with Crippen LogP contribution in [-0.4, -0.2) is 32.2 Å². The third kappa shape index (κ3) is 3.11. The number of nitrogens with zero attached hydrogens (tertiary/aromatic N) is 2. The lowest BCUT2D eigenvalue weighted by Crippen LogP contribution is -2.30. The number of carbonyl (C=O) groups is 2. The van der Waals surface area contributed by atoms with Crippen molar-refractivity contribution in [2.45, 2.75) is 12.5 Å². The molecule has 15 heavy (non-hydrogen) atoms. The van der Waals surface area contributed by atoms with Crippen molar-refractivity contribution >= 4 is 22.0 Å². The van der Waals surface area contributed by atoms with Gasteiger partial charge in [0.05, 0.1) is 5.75 Å². The van der Waals surface area contributed by atoms with E-state index in [9.17, 15) is 18.0 Å². The van der Waals surface area contributed by atoms with Crippen LogP contribution in [0.4, 0.5) is 4.79 Å². The predicted octanol–water partition coefficient (Wildman–Crippen LogP) is -1.54. The molecular formula is C5H8N5O4S+. The van der Waals surface area contributed by atoms with Gasteiger partial charge >= 0.3 is 16.1 Å². The first-order valence-electron chi connectivity index (χ1n) is 3.87. The zero-order valence-corrected chi connectivity index (χ0v) is 8.24. The van der Waals surface area contributed by atoms with Crippen LogP contribution >= 0.6 is 0 Å². The van der Waals surface area contributed by atoms with Crippen molar-refractivity contribution < 1.29 is 18.0 Å². The van der Waals surface area contributed by atoms with E-state index in [-0.39, 0.29) is 6.42 Å². The molecule has 10 heteroatoms. The molecule has 1 aliphatic heterocycles. The average molecular weight is 234 g/mol. The monoisotopic (exact) mass is 234 g/mol. The third-order valence-corrected chi connectivity index (χ3v) is 2.77. The van der Waals surface area contributed by atoms with Gasteiger partial charge in [-0.3, -0.25) is 10.1 Å². The van der Waals surface area contributed by atoms with Crippen molar-refractivity contribution in [1.29, 1.82) is 5.53 Å². The van der Waals surface area contributed by atoms with Crippen LogP contribution in [0.25, 0.3) is 0 Å². The molecule has 1 rings (SSSR count). The van der Waals surface area contributed by atoms with E-state index in [1.54, 1.807) is 0 Å². The fraction of sp³-hybridized carbons (Fsp3) is 0.600. The van der Waals surface area contributed by atoms with E-state index in [1.165, 1.54) is 0 Å². The normalized spacial score (nSPS) is 20.4.